The van der Waals surface area contributed by atoms with Crippen molar-refractivity contribution in [2.45, 2.75) is 32.3 Å². The van der Waals surface area contributed by atoms with Gasteiger partial charge in [-0.05, 0) is 6.42 Å². The average molecular weight is 131 g/mol. The topological polar surface area (TPSA) is 29.1 Å². The van der Waals surface area contributed by atoms with Crippen LogP contribution in [0.3, 0.4) is 0 Å². The molecule has 0 saturated carbocycles. The van der Waals surface area contributed by atoms with Crippen LogP contribution in [0.15, 0.2) is 0 Å². The molecule has 0 fully saturated rings. The van der Waals surface area contributed by atoms with Crippen molar-refractivity contribution in [2.24, 2.45) is 0 Å². The molecule has 55 valence electrons. The van der Waals surface area contributed by atoms with Crippen molar-refractivity contribution in [1.82, 2.24) is 0 Å². The minimum Gasteiger partial charge on any atom is -0.379 e. The van der Waals surface area contributed by atoms with Crippen LogP contribution in [-0.4, -0.2) is 19.8 Å². The second-order valence-electron chi connectivity index (χ2n) is 2.17. The molecule has 0 heterocycles. The fourth-order valence-electron chi connectivity index (χ4n) is 0.701. The summed E-state index contributed by atoms with van der Waals surface area (Å²) in [5.41, 5.74) is 0. The van der Waals surface area contributed by atoms with Crippen LogP contribution in [0.2, 0.25) is 0 Å². The number of ether oxygens (including phenoxy) is 1. The van der Waals surface area contributed by atoms with Gasteiger partial charge in [-0.2, -0.15) is 0 Å². The Labute approximate surface area is 56.8 Å². The Bertz CT molecular complexity index is 50.9. The first-order valence-electron chi connectivity index (χ1n) is 3.46. The van der Waals surface area contributed by atoms with Crippen molar-refractivity contribution in [1.29, 1.82) is 0 Å². The van der Waals surface area contributed by atoms with Crippen LogP contribution < -0.4 is 0 Å². The molecule has 2 heteroatoms. The molecule has 1 atom stereocenters. The monoisotopic (exact) mass is 131 g/mol. The van der Waals surface area contributed by atoms with E-state index in [1.54, 1.807) is 7.11 Å². The third kappa shape index (κ3) is 4.43. The molecular weight excluding hydrogens is 116 g/mol. The molecule has 0 amide bonds. The Morgan fingerprint density at radius 3 is 2.56 bits per heavy atom. The zero-order valence-electron chi connectivity index (χ0n) is 6.22. The molecule has 1 unspecified atom stereocenters. The normalized spacial score (nSPS) is 13.7. The Hall–Kier alpha value is -0.0800. The van der Waals surface area contributed by atoms with Gasteiger partial charge in [-0.3, -0.25) is 0 Å². The molecule has 0 aliphatic carbocycles. The molecule has 2 nitrogen and oxygen atoms in total. The minimum absolute atomic E-state index is 0.0510. The Morgan fingerprint density at radius 2 is 2.22 bits per heavy atom. The summed E-state index contributed by atoms with van der Waals surface area (Å²) in [6.45, 7) is 2.01. The van der Waals surface area contributed by atoms with Gasteiger partial charge in [0.1, 0.15) is 6.61 Å². The molecular formula is C7H15O2. The molecule has 0 N–H and O–H groups in total. The molecule has 0 aromatic carbocycles. The van der Waals surface area contributed by atoms with E-state index >= 15 is 0 Å². The van der Waals surface area contributed by atoms with E-state index in [2.05, 4.69) is 6.92 Å². The molecule has 0 spiro atoms. The molecule has 0 aliphatic heterocycles. The fraction of sp³-hybridized carbons (Fsp3) is 1.00. The standard InChI is InChI=1S/C7H15O2/c1-3-4-5-7(6-8)9-2/h7H,3-6H2,1-2H3. The maximum absolute atomic E-state index is 10.2. The van der Waals surface area contributed by atoms with Gasteiger partial charge in [0.15, 0.2) is 0 Å². The average Bonchev–Trinajstić information content (AvgIpc) is 1.91. The second-order valence-corrected chi connectivity index (χ2v) is 2.17. The van der Waals surface area contributed by atoms with Crippen LogP contribution >= 0.6 is 0 Å². The molecule has 0 aromatic rings. The molecule has 0 saturated heterocycles. The van der Waals surface area contributed by atoms with Gasteiger partial charge in [0.05, 0.1) is 6.10 Å². The molecule has 0 rings (SSSR count). The first-order valence-corrected chi connectivity index (χ1v) is 3.46. The maximum Gasteiger partial charge on any atom is 0.108 e. The lowest BCUT2D eigenvalue weighted by Gasteiger charge is -2.08. The van der Waals surface area contributed by atoms with Gasteiger partial charge in [-0.25, -0.2) is 5.11 Å². The first kappa shape index (κ1) is 8.92. The van der Waals surface area contributed by atoms with Crippen LogP contribution in [0.1, 0.15) is 26.2 Å². The van der Waals surface area contributed by atoms with E-state index in [4.69, 9.17) is 4.74 Å². The van der Waals surface area contributed by atoms with Crippen molar-refractivity contribution in [2.75, 3.05) is 13.7 Å². The summed E-state index contributed by atoms with van der Waals surface area (Å²) >= 11 is 0. The number of hydrogen-bond acceptors (Lipinski definition) is 1. The molecule has 0 aromatic heterocycles. The number of rotatable bonds is 5. The van der Waals surface area contributed by atoms with Crippen LogP contribution in [-0.2, 0) is 9.84 Å². The smallest absolute Gasteiger partial charge is 0.108 e. The zero-order chi connectivity index (χ0) is 7.11. The van der Waals surface area contributed by atoms with E-state index < -0.39 is 0 Å². The summed E-state index contributed by atoms with van der Waals surface area (Å²) in [5.74, 6) is 0. The highest BCUT2D eigenvalue weighted by Crippen LogP contribution is 2.02. The highest BCUT2D eigenvalue weighted by molar-refractivity contribution is 4.53. The Morgan fingerprint density at radius 1 is 1.56 bits per heavy atom. The third-order valence-corrected chi connectivity index (χ3v) is 1.40. The summed E-state index contributed by atoms with van der Waals surface area (Å²) in [6.07, 6.45) is 3.10. The predicted octanol–water partition coefficient (Wildman–Crippen LogP) is 1.62. The lowest BCUT2D eigenvalue weighted by molar-refractivity contribution is 0.0145. The van der Waals surface area contributed by atoms with E-state index in [1.165, 1.54) is 0 Å². The van der Waals surface area contributed by atoms with Crippen LogP contribution in [0.25, 0.3) is 0 Å². The van der Waals surface area contributed by atoms with Crippen LogP contribution in [0.4, 0.5) is 0 Å². The summed E-state index contributed by atoms with van der Waals surface area (Å²) in [4.78, 5) is 0. The predicted molar refractivity (Wildman–Crippen MR) is 35.9 cm³/mol. The van der Waals surface area contributed by atoms with Crippen molar-refractivity contribution in [3.63, 3.8) is 0 Å². The molecule has 0 aliphatic rings. The van der Waals surface area contributed by atoms with Gasteiger partial charge in [0.25, 0.3) is 0 Å². The Kier molecular flexibility index (Phi) is 5.99. The van der Waals surface area contributed by atoms with Gasteiger partial charge < -0.3 is 4.74 Å². The highest BCUT2D eigenvalue weighted by atomic mass is 16.5. The van der Waals surface area contributed by atoms with Crippen molar-refractivity contribution >= 4 is 0 Å². The van der Waals surface area contributed by atoms with E-state index in [-0.39, 0.29) is 12.7 Å². The fourth-order valence-corrected chi connectivity index (χ4v) is 0.701. The largest absolute Gasteiger partial charge is 0.379 e. The molecule has 9 heavy (non-hydrogen) atoms. The van der Waals surface area contributed by atoms with E-state index in [9.17, 15) is 5.11 Å². The number of unbranched alkanes of at least 4 members (excludes halogenated alkanes) is 1. The van der Waals surface area contributed by atoms with Gasteiger partial charge in [0.2, 0.25) is 0 Å². The van der Waals surface area contributed by atoms with Gasteiger partial charge in [-0.1, -0.05) is 19.8 Å². The van der Waals surface area contributed by atoms with E-state index in [0.29, 0.717) is 0 Å². The third-order valence-electron chi connectivity index (χ3n) is 1.40. The summed E-state index contributed by atoms with van der Waals surface area (Å²) in [7, 11) is 1.60. The van der Waals surface area contributed by atoms with Crippen molar-refractivity contribution in [3.8, 4) is 0 Å². The zero-order valence-corrected chi connectivity index (χ0v) is 6.22. The number of hydrogen-bond donors (Lipinski definition) is 0. The molecule has 1 radical (unpaired) electrons. The van der Waals surface area contributed by atoms with Gasteiger partial charge in [0, 0.05) is 7.11 Å². The summed E-state index contributed by atoms with van der Waals surface area (Å²) in [6, 6.07) is 0. The maximum atomic E-state index is 10.2. The first-order chi connectivity index (χ1) is 4.35. The minimum atomic E-state index is -0.101. The highest BCUT2D eigenvalue weighted by Gasteiger charge is 2.03. The lowest BCUT2D eigenvalue weighted by Crippen LogP contribution is -2.13. The van der Waals surface area contributed by atoms with Crippen molar-refractivity contribution < 1.29 is 9.84 Å². The summed E-state index contributed by atoms with van der Waals surface area (Å²) < 4.78 is 4.89. The van der Waals surface area contributed by atoms with Crippen LogP contribution in [0.5, 0.6) is 0 Å². The van der Waals surface area contributed by atoms with E-state index in [1.807, 2.05) is 0 Å². The van der Waals surface area contributed by atoms with Crippen molar-refractivity contribution in [3.05, 3.63) is 0 Å². The Balaban J connectivity index is 3.09. The van der Waals surface area contributed by atoms with Gasteiger partial charge in [-0.15, -0.1) is 0 Å². The lowest BCUT2D eigenvalue weighted by atomic mass is 10.2. The van der Waals surface area contributed by atoms with Crippen LogP contribution in [0, 0.1) is 0 Å². The van der Waals surface area contributed by atoms with E-state index in [0.717, 1.165) is 19.3 Å². The summed E-state index contributed by atoms with van der Waals surface area (Å²) in [5, 5.41) is 10.2. The SMILES string of the molecule is CCCCC(C[O])OC. The van der Waals surface area contributed by atoms with Gasteiger partial charge >= 0.3 is 0 Å². The number of methoxy groups -OCH3 is 1. The second kappa shape index (κ2) is 6.05. The quantitative estimate of drug-likeness (QED) is 0.557. The molecule has 0 bridgehead atoms.